The van der Waals surface area contributed by atoms with Gasteiger partial charge in [0, 0.05) is 28.9 Å². The van der Waals surface area contributed by atoms with Gasteiger partial charge in [0.2, 0.25) is 0 Å². The largest absolute Gasteiger partial charge is 0.451 e. The number of furan rings is 1. The minimum atomic E-state index is -0.0843. The molecule has 2 aromatic carbocycles. The molecular weight excluding hydrogens is 306 g/mol. The molecule has 3 nitrogen and oxygen atoms in total. The van der Waals surface area contributed by atoms with Gasteiger partial charge < -0.3 is 9.32 Å². The minimum absolute atomic E-state index is 0.0843. The van der Waals surface area contributed by atoms with Gasteiger partial charge in [-0.05, 0) is 31.4 Å². The molecule has 0 atom stereocenters. The van der Waals surface area contributed by atoms with Crippen LogP contribution in [0.2, 0.25) is 0 Å². The lowest BCUT2D eigenvalue weighted by molar-refractivity contribution is 0.0963. The van der Waals surface area contributed by atoms with Crippen molar-refractivity contribution in [3.63, 3.8) is 0 Å². The fourth-order valence-corrected chi connectivity index (χ4v) is 3.31. The Morgan fingerprint density at radius 3 is 2.48 bits per heavy atom. The topological polar surface area (TPSA) is 33.5 Å². The van der Waals surface area contributed by atoms with Crippen molar-refractivity contribution in [3.05, 3.63) is 65.9 Å². The van der Waals surface area contributed by atoms with Crippen LogP contribution in [0.15, 0.2) is 59.0 Å². The molecular formula is C19H19NO2S. The number of carbonyl (C=O) groups is 1. The molecule has 0 fully saturated rings. The Balaban J connectivity index is 2.07. The molecule has 0 unspecified atom stereocenters. The monoisotopic (exact) mass is 325 g/mol. The molecule has 0 N–H and O–H groups in total. The van der Waals surface area contributed by atoms with Gasteiger partial charge in [0.1, 0.15) is 5.58 Å². The first-order chi connectivity index (χ1) is 11.3. The second-order valence-electron chi connectivity index (χ2n) is 5.22. The van der Waals surface area contributed by atoms with Gasteiger partial charge >= 0.3 is 0 Å². The van der Waals surface area contributed by atoms with Crippen LogP contribution in [0, 0.1) is 0 Å². The second kappa shape index (κ2) is 6.92. The van der Waals surface area contributed by atoms with Gasteiger partial charge in [-0.15, -0.1) is 0 Å². The summed E-state index contributed by atoms with van der Waals surface area (Å²) in [5.74, 6) is 1.12. The molecule has 3 rings (SSSR count). The van der Waals surface area contributed by atoms with E-state index in [4.69, 9.17) is 4.42 Å². The predicted octanol–water partition coefficient (Wildman–Crippen LogP) is 4.96. The minimum Gasteiger partial charge on any atom is -0.451 e. The average molecular weight is 325 g/mol. The first-order valence-corrected chi connectivity index (χ1v) is 9.02. The third-order valence-corrected chi connectivity index (χ3v) is 4.39. The maximum absolute atomic E-state index is 13.1. The summed E-state index contributed by atoms with van der Waals surface area (Å²) < 4.78 is 5.91. The van der Waals surface area contributed by atoms with Gasteiger partial charge in [-0.3, -0.25) is 4.79 Å². The van der Waals surface area contributed by atoms with Crippen LogP contribution >= 0.6 is 11.8 Å². The lowest BCUT2D eigenvalue weighted by Gasteiger charge is -2.20. The number of thioether (sulfide) groups is 1. The molecule has 3 aromatic rings. The number of hydrogen-bond donors (Lipinski definition) is 0. The molecule has 4 heteroatoms. The number of hydrogen-bond acceptors (Lipinski definition) is 3. The summed E-state index contributed by atoms with van der Waals surface area (Å²) in [6, 6.07) is 17.5. The molecule has 0 saturated heterocycles. The van der Waals surface area contributed by atoms with Gasteiger partial charge in [0.05, 0.1) is 0 Å². The zero-order chi connectivity index (χ0) is 16.2. The van der Waals surface area contributed by atoms with Crippen LogP contribution in [0.3, 0.4) is 0 Å². The Bertz CT molecular complexity index is 811. The summed E-state index contributed by atoms with van der Waals surface area (Å²) in [4.78, 5) is 14.8. The molecule has 0 spiro atoms. The van der Waals surface area contributed by atoms with Crippen LogP contribution in [-0.2, 0) is 5.75 Å². The molecule has 0 bridgehead atoms. The quantitative estimate of drug-likeness (QED) is 0.664. The molecule has 0 aliphatic rings. The predicted molar refractivity (Wildman–Crippen MR) is 97.2 cm³/mol. The third-order valence-electron chi connectivity index (χ3n) is 3.81. The highest BCUT2D eigenvalue weighted by Gasteiger charge is 2.25. The second-order valence-corrected chi connectivity index (χ2v) is 6.09. The smallest absolute Gasteiger partial charge is 0.294 e. The van der Waals surface area contributed by atoms with Crippen molar-refractivity contribution >= 4 is 34.3 Å². The van der Waals surface area contributed by atoms with E-state index >= 15 is 0 Å². The van der Waals surface area contributed by atoms with Gasteiger partial charge in [0.15, 0.2) is 5.76 Å². The van der Waals surface area contributed by atoms with E-state index in [1.807, 2.05) is 67.8 Å². The maximum atomic E-state index is 13.1. The van der Waals surface area contributed by atoms with E-state index in [1.165, 1.54) is 0 Å². The van der Waals surface area contributed by atoms with Crippen molar-refractivity contribution in [1.29, 1.82) is 0 Å². The Labute approximate surface area is 140 Å². The summed E-state index contributed by atoms with van der Waals surface area (Å²) in [6.07, 6.45) is 2.03. The lowest BCUT2D eigenvalue weighted by atomic mass is 10.1. The molecule has 0 aliphatic carbocycles. The van der Waals surface area contributed by atoms with Crippen molar-refractivity contribution in [3.8, 4) is 0 Å². The summed E-state index contributed by atoms with van der Waals surface area (Å²) >= 11 is 1.69. The number of fused-ring (bicyclic) bond motifs is 1. The van der Waals surface area contributed by atoms with Crippen LogP contribution in [0.25, 0.3) is 11.0 Å². The highest BCUT2D eigenvalue weighted by atomic mass is 32.2. The van der Waals surface area contributed by atoms with E-state index in [0.717, 1.165) is 28.0 Å². The van der Waals surface area contributed by atoms with Crippen LogP contribution in [-0.4, -0.2) is 18.7 Å². The third kappa shape index (κ3) is 2.99. The molecule has 1 amide bonds. The van der Waals surface area contributed by atoms with Crippen LogP contribution in [0.4, 0.5) is 5.69 Å². The number of amides is 1. The molecule has 1 aromatic heterocycles. The zero-order valence-corrected chi connectivity index (χ0v) is 14.1. The molecule has 0 saturated carbocycles. The summed E-state index contributed by atoms with van der Waals surface area (Å²) in [5.41, 5.74) is 2.63. The number of carbonyl (C=O) groups excluding carboxylic acids is 1. The lowest BCUT2D eigenvalue weighted by Crippen LogP contribution is -2.30. The van der Waals surface area contributed by atoms with E-state index in [2.05, 4.69) is 0 Å². The van der Waals surface area contributed by atoms with Crippen LogP contribution in [0.1, 0.15) is 23.0 Å². The Morgan fingerprint density at radius 1 is 1.09 bits per heavy atom. The van der Waals surface area contributed by atoms with Gasteiger partial charge in [0.25, 0.3) is 5.91 Å². The summed E-state index contributed by atoms with van der Waals surface area (Å²) in [6.45, 7) is 2.57. The summed E-state index contributed by atoms with van der Waals surface area (Å²) in [5, 5.41) is 1.02. The molecule has 0 radical (unpaired) electrons. The van der Waals surface area contributed by atoms with E-state index in [-0.39, 0.29) is 5.91 Å². The Morgan fingerprint density at radius 2 is 1.78 bits per heavy atom. The summed E-state index contributed by atoms with van der Waals surface area (Å²) in [7, 11) is 0. The Kier molecular flexibility index (Phi) is 4.72. The molecule has 0 aliphatic heterocycles. The first kappa shape index (κ1) is 15.7. The average Bonchev–Trinajstić information content (AvgIpc) is 2.96. The normalized spacial score (nSPS) is 10.9. The van der Waals surface area contributed by atoms with Crippen molar-refractivity contribution in [1.82, 2.24) is 0 Å². The Hall–Kier alpha value is -2.20. The van der Waals surface area contributed by atoms with E-state index in [1.54, 1.807) is 16.7 Å². The fourth-order valence-electron chi connectivity index (χ4n) is 2.73. The van der Waals surface area contributed by atoms with E-state index < -0.39 is 0 Å². The number of nitrogens with zero attached hydrogens (tertiary/aromatic N) is 1. The van der Waals surface area contributed by atoms with Crippen LogP contribution < -0.4 is 4.90 Å². The van der Waals surface area contributed by atoms with Crippen molar-refractivity contribution in [2.45, 2.75) is 12.7 Å². The highest BCUT2D eigenvalue weighted by molar-refractivity contribution is 7.97. The first-order valence-electron chi connectivity index (χ1n) is 7.62. The van der Waals surface area contributed by atoms with Crippen molar-refractivity contribution in [2.24, 2.45) is 0 Å². The van der Waals surface area contributed by atoms with Crippen LogP contribution in [0.5, 0.6) is 0 Å². The molecule has 118 valence electrons. The fraction of sp³-hybridized carbons (Fsp3) is 0.211. The standard InChI is InChI=1S/C19H19NO2S/c1-3-20(14-9-5-4-6-10-14)19(21)18-16(13-23-2)15-11-7-8-12-17(15)22-18/h4-12H,3,13H2,1-2H3. The zero-order valence-electron chi connectivity index (χ0n) is 13.3. The van der Waals surface area contributed by atoms with Gasteiger partial charge in [-0.2, -0.15) is 11.8 Å². The van der Waals surface area contributed by atoms with E-state index in [0.29, 0.717) is 12.3 Å². The maximum Gasteiger partial charge on any atom is 0.294 e. The van der Waals surface area contributed by atoms with Crippen molar-refractivity contribution < 1.29 is 9.21 Å². The number of para-hydroxylation sites is 2. The number of anilines is 1. The van der Waals surface area contributed by atoms with Gasteiger partial charge in [-0.1, -0.05) is 36.4 Å². The number of benzene rings is 2. The van der Waals surface area contributed by atoms with E-state index in [9.17, 15) is 4.79 Å². The van der Waals surface area contributed by atoms with Crippen molar-refractivity contribution in [2.75, 3.05) is 17.7 Å². The molecule has 23 heavy (non-hydrogen) atoms. The highest BCUT2D eigenvalue weighted by Crippen LogP contribution is 2.30. The SMILES string of the molecule is CCN(C(=O)c1oc2ccccc2c1CSC)c1ccccc1. The molecule has 1 heterocycles. The number of rotatable bonds is 5. The van der Waals surface area contributed by atoms with Gasteiger partial charge in [-0.25, -0.2) is 0 Å².